The first kappa shape index (κ1) is 15.1. The maximum atomic E-state index is 5.63. The van der Waals surface area contributed by atoms with Crippen molar-refractivity contribution in [1.29, 1.82) is 0 Å². The molecule has 0 amide bonds. The van der Waals surface area contributed by atoms with E-state index in [-0.39, 0.29) is 0 Å². The van der Waals surface area contributed by atoms with Crippen molar-refractivity contribution in [2.45, 2.75) is 6.54 Å². The largest absolute Gasteiger partial charge is 0.497 e. The Morgan fingerprint density at radius 3 is 2.48 bits per heavy atom. The summed E-state index contributed by atoms with van der Waals surface area (Å²) >= 11 is 0. The molecule has 0 atom stereocenters. The molecule has 2 rings (SSSR count). The maximum Gasteiger partial charge on any atom is 0.213 e. The summed E-state index contributed by atoms with van der Waals surface area (Å²) in [4.78, 5) is 4.07. The van der Waals surface area contributed by atoms with Crippen molar-refractivity contribution in [3.8, 4) is 17.4 Å². The molecule has 2 aromatic rings. The lowest BCUT2D eigenvalue weighted by molar-refractivity contribution is 0.313. The van der Waals surface area contributed by atoms with E-state index in [1.54, 1.807) is 20.4 Å². The fraction of sp³-hybridized carbons (Fsp3) is 0.312. The van der Waals surface area contributed by atoms with E-state index in [2.05, 4.69) is 10.3 Å². The van der Waals surface area contributed by atoms with Crippen molar-refractivity contribution in [3.63, 3.8) is 0 Å². The predicted molar refractivity (Wildman–Crippen MR) is 81.0 cm³/mol. The Labute approximate surface area is 124 Å². The van der Waals surface area contributed by atoms with E-state index in [1.807, 2.05) is 36.4 Å². The lowest BCUT2D eigenvalue weighted by Gasteiger charge is -2.08. The second-order valence-electron chi connectivity index (χ2n) is 4.41. The number of ether oxygens (including phenoxy) is 3. The summed E-state index contributed by atoms with van der Waals surface area (Å²) in [6.45, 7) is 2.12. The highest BCUT2D eigenvalue weighted by atomic mass is 16.5. The Balaban J connectivity index is 1.67. The van der Waals surface area contributed by atoms with Crippen LogP contribution in [0.1, 0.15) is 5.56 Å². The van der Waals surface area contributed by atoms with E-state index in [1.165, 1.54) is 0 Å². The number of nitrogens with one attached hydrogen (secondary N) is 1. The van der Waals surface area contributed by atoms with Crippen LogP contribution in [-0.2, 0) is 6.54 Å². The van der Waals surface area contributed by atoms with Crippen LogP contribution in [0.3, 0.4) is 0 Å². The van der Waals surface area contributed by atoms with Crippen LogP contribution in [-0.4, -0.2) is 32.4 Å². The highest BCUT2D eigenvalue weighted by molar-refractivity contribution is 5.31. The van der Waals surface area contributed by atoms with Crippen LogP contribution in [0.4, 0.5) is 0 Å². The molecule has 112 valence electrons. The van der Waals surface area contributed by atoms with Crippen LogP contribution in [0.15, 0.2) is 42.6 Å². The molecule has 0 saturated carbocycles. The zero-order chi connectivity index (χ0) is 14.9. The summed E-state index contributed by atoms with van der Waals surface area (Å²) in [5, 5.41) is 3.31. The second-order valence-corrected chi connectivity index (χ2v) is 4.41. The molecule has 5 heteroatoms. The zero-order valence-electron chi connectivity index (χ0n) is 12.3. The van der Waals surface area contributed by atoms with Gasteiger partial charge in [0.05, 0.1) is 14.2 Å². The van der Waals surface area contributed by atoms with Gasteiger partial charge in [-0.25, -0.2) is 4.98 Å². The number of benzene rings is 1. The lowest BCUT2D eigenvalue weighted by atomic mass is 10.2. The van der Waals surface area contributed by atoms with Gasteiger partial charge in [0.15, 0.2) is 0 Å². The number of nitrogens with zero attached hydrogens (tertiary/aromatic N) is 1. The molecule has 0 radical (unpaired) electrons. The topological polar surface area (TPSA) is 52.6 Å². The van der Waals surface area contributed by atoms with Gasteiger partial charge in [0.25, 0.3) is 0 Å². The van der Waals surface area contributed by atoms with E-state index in [0.29, 0.717) is 12.5 Å². The first-order valence-corrected chi connectivity index (χ1v) is 6.78. The summed E-state index contributed by atoms with van der Waals surface area (Å²) in [6, 6.07) is 11.4. The Bertz CT molecular complexity index is 543. The molecule has 0 saturated heterocycles. The molecule has 1 N–H and O–H groups in total. The Hall–Kier alpha value is -2.27. The highest BCUT2D eigenvalue weighted by Gasteiger charge is 1.98. The van der Waals surface area contributed by atoms with Gasteiger partial charge >= 0.3 is 0 Å². The first-order valence-electron chi connectivity index (χ1n) is 6.78. The quantitative estimate of drug-likeness (QED) is 0.755. The van der Waals surface area contributed by atoms with Gasteiger partial charge in [0, 0.05) is 25.4 Å². The molecule has 0 spiro atoms. The normalized spacial score (nSPS) is 10.2. The van der Waals surface area contributed by atoms with Crippen LogP contribution in [0, 0.1) is 0 Å². The second kappa shape index (κ2) is 8.11. The van der Waals surface area contributed by atoms with Crippen LogP contribution < -0.4 is 19.5 Å². The number of pyridine rings is 1. The summed E-state index contributed by atoms with van der Waals surface area (Å²) in [6.07, 6.45) is 1.74. The number of hydrogen-bond donors (Lipinski definition) is 1. The fourth-order valence-corrected chi connectivity index (χ4v) is 1.82. The van der Waals surface area contributed by atoms with Crippen molar-refractivity contribution >= 4 is 0 Å². The van der Waals surface area contributed by atoms with Gasteiger partial charge in [-0.15, -0.1) is 0 Å². The Morgan fingerprint density at radius 1 is 1.00 bits per heavy atom. The molecule has 1 aromatic heterocycles. The van der Waals surface area contributed by atoms with Crippen molar-refractivity contribution in [2.75, 3.05) is 27.4 Å². The summed E-state index contributed by atoms with van der Waals surface area (Å²) in [5.74, 6) is 2.29. The lowest BCUT2D eigenvalue weighted by Crippen LogP contribution is -2.20. The maximum absolute atomic E-state index is 5.63. The molecule has 5 nitrogen and oxygen atoms in total. The smallest absolute Gasteiger partial charge is 0.213 e. The first-order chi connectivity index (χ1) is 10.3. The van der Waals surface area contributed by atoms with Gasteiger partial charge in [0.2, 0.25) is 5.88 Å². The van der Waals surface area contributed by atoms with Crippen molar-refractivity contribution < 1.29 is 14.2 Å². The molecular weight excluding hydrogens is 268 g/mol. The third kappa shape index (κ3) is 4.96. The molecule has 0 aliphatic carbocycles. The molecular formula is C16H20N2O3. The molecule has 0 aliphatic heterocycles. The van der Waals surface area contributed by atoms with E-state index < -0.39 is 0 Å². The minimum Gasteiger partial charge on any atom is -0.497 e. The van der Waals surface area contributed by atoms with Crippen LogP contribution >= 0.6 is 0 Å². The molecule has 1 aromatic carbocycles. The van der Waals surface area contributed by atoms with Crippen LogP contribution in [0.25, 0.3) is 0 Å². The number of aromatic nitrogens is 1. The average Bonchev–Trinajstić information content (AvgIpc) is 2.55. The number of rotatable bonds is 8. The monoisotopic (exact) mass is 288 g/mol. The Kier molecular flexibility index (Phi) is 5.84. The van der Waals surface area contributed by atoms with E-state index in [0.717, 1.165) is 30.2 Å². The van der Waals surface area contributed by atoms with Gasteiger partial charge in [-0.05, 0) is 35.9 Å². The van der Waals surface area contributed by atoms with E-state index in [9.17, 15) is 0 Å². The third-order valence-electron chi connectivity index (χ3n) is 2.94. The SMILES string of the molecule is COc1ccc(OCCNCc2ccnc(OC)c2)cc1. The zero-order valence-corrected chi connectivity index (χ0v) is 12.3. The van der Waals surface area contributed by atoms with Crippen molar-refractivity contribution in [2.24, 2.45) is 0 Å². The van der Waals surface area contributed by atoms with E-state index >= 15 is 0 Å². The van der Waals surface area contributed by atoms with Crippen molar-refractivity contribution in [1.82, 2.24) is 10.3 Å². The molecule has 0 fully saturated rings. The van der Waals surface area contributed by atoms with Gasteiger partial charge in [-0.2, -0.15) is 0 Å². The average molecular weight is 288 g/mol. The van der Waals surface area contributed by atoms with Crippen LogP contribution in [0.5, 0.6) is 17.4 Å². The van der Waals surface area contributed by atoms with Crippen molar-refractivity contribution in [3.05, 3.63) is 48.2 Å². The third-order valence-corrected chi connectivity index (χ3v) is 2.94. The number of methoxy groups -OCH3 is 2. The molecule has 21 heavy (non-hydrogen) atoms. The molecule has 0 unspecified atom stereocenters. The summed E-state index contributed by atoms with van der Waals surface area (Å²) < 4.78 is 15.8. The van der Waals surface area contributed by atoms with Gasteiger partial charge in [0.1, 0.15) is 18.1 Å². The molecule has 0 aliphatic rings. The van der Waals surface area contributed by atoms with Gasteiger partial charge in [-0.3, -0.25) is 0 Å². The minimum atomic E-state index is 0.606. The molecule has 1 heterocycles. The summed E-state index contributed by atoms with van der Waals surface area (Å²) in [7, 11) is 3.26. The Morgan fingerprint density at radius 2 is 1.76 bits per heavy atom. The minimum absolute atomic E-state index is 0.606. The highest BCUT2D eigenvalue weighted by Crippen LogP contribution is 2.16. The van der Waals surface area contributed by atoms with Crippen LogP contribution in [0.2, 0.25) is 0 Å². The van der Waals surface area contributed by atoms with Gasteiger partial charge in [-0.1, -0.05) is 0 Å². The fourth-order valence-electron chi connectivity index (χ4n) is 1.82. The molecule has 0 bridgehead atoms. The predicted octanol–water partition coefficient (Wildman–Crippen LogP) is 2.27. The van der Waals surface area contributed by atoms with E-state index in [4.69, 9.17) is 14.2 Å². The van der Waals surface area contributed by atoms with Gasteiger partial charge < -0.3 is 19.5 Å². The number of hydrogen-bond acceptors (Lipinski definition) is 5. The standard InChI is InChI=1S/C16H20N2O3/c1-19-14-3-5-15(6-4-14)21-10-9-17-12-13-7-8-18-16(11-13)20-2/h3-8,11,17H,9-10,12H2,1-2H3. The summed E-state index contributed by atoms with van der Waals surface area (Å²) in [5.41, 5.74) is 1.13.